The quantitative estimate of drug-likeness (QED) is 0.231. The van der Waals surface area contributed by atoms with Crippen LogP contribution in [0.4, 0.5) is 5.69 Å². The summed E-state index contributed by atoms with van der Waals surface area (Å²) in [6.45, 7) is 0. The number of benzene rings is 4. The van der Waals surface area contributed by atoms with E-state index in [0.717, 1.165) is 38.9 Å². The molecular formula is C26H18BrN3O3. The lowest BCUT2D eigenvalue weighted by molar-refractivity contribution is -0.385. The van der Waals surface area contributed by atoms with Gasteiger partial charge in [-0.25, -0.2) is 5.01 Å². The average Bonchev–Trinajstić information content (AvgIpc) is 3.29. The number of hydrogen-bond donors (Lipinski definition) is 0. The largest absolute Gasteiger partial charge is 0.464 e. The highest BCUT2D eigenvalue weighted by atomic mass is 79.9. The fourth-order valence-electron chi connectivity index (χ4n) is 4.61. The van der Waals surface area contributed by atoms with Gasteiger partial charge in [0.1, 0.15) is 5.75 Å². The van der Waals surface area contributed by atoms with Crippen LogP contribution in [-0.2, 0) is 0 Å². The molecule has 0 saturated heterocycles. The molecule has 7 heteroatoms. The van der Waals surface area contributed by atoms with Crippen LogP contribution in [-0.4, -0.2) is 15.6 Å². The van der Waals surface area contributed by atoms with Crippen LogP contribution in [0.1, 0.15) is 35.4 Å². The van der Waals surface area contributed by atoms with E-state index in [2.05, 4.69) is 52.3 Å². The number of hydrazone groups is 1. The monoisotopic (exact) mass is 499 g/mol. The van der Waals surface area contributed by atoms with Gasteiger partial charge in [-0.05, 0) is 40.6 Å². The average molecular weight is 500 g/mol. The second kappa shape index (κ2) is 7.71. The standard InChI is InChI=1S/C26H18BrN3O3/c27-20-10-11-25-22(14-20)24-15-23(18-9-8-16-4-1-2-5-17(16)12-18)28-29(24)26(33-25)19-6-3-7-21(13-19)30(31)32/h1-14,24,26H,15H2. The number of rotatable bonds is 3. The van der Waals surface area contributed by atoms with Gasteiger partial charge in [0, 0.05) is 34.2 Å². The third-order valence-electron chi connectivity index (χ3n) is 6.20. The van der Waals surface area contributed by atoms with Gasteiger partial charge in [-0.2, -0.15) is 5.10 Å². The lowest BCUT2D eigenvalue weighted by Gasteiger charge is -2.38. The summed E-state index contributed by atoms with van der Waals surface area (Å²) < 4.78 is 7.32. The van der Waals surface area contributed by atoms with Gasteiger partial charge in [-0.3, -0.25) is 10.1 Å². The van der Waals surface area contributed by atoms with Crippen LogP contribution in [0.3, 0.4) is 0 Å². The Morgan fingerprint density at radius 1 is 0.970 bits per heavy atom. The van der Waals surface area contributed by atoms with Gasteiger partial charge < -0.3 is 4.74 Å². The minimum absolute atomic E-state index is 0.0306. The van der Waals surface area contributed by atoms with Gasteiger partial charge >= 0.3 is 0 Å². The smallest absolute Gasteiger partial charge is 0.269 e. The molecule has 0 radical (unpaired) electrons. The number of ether oxygens (including phenoxy) is 1. The Balaban J connectivity index is 1.46. The summed E-state index contributed by atoms with van der Waals surface area (Å²) in [5.74, 6) is 0.769. The molecule has 4 aromatic rings. The van der Waals surface area contributed by atoms with Crippen molar-refractivity contribution >= 4 is 38.1 Å². The number of hydrogen-bond acceptors (Lipinski definition) is 5. The predicted molar refractivity (Wildman–Crippen MR) is 130 cm³/mol. The van der Waals surface area contributed by atoms with E-state index in [0.29, 0.717) is 5.56 Å². The third kappa shape index (κ3) is 3.45. The molecule has 2 aliphatic heterocycles. The minimum atomic E-state index is -0.554. The SMILES string of the molecule is O=[N+]([O-])c1cccc(C2Oc3ccc(Br)cc3C3CC(c4ccc5ccccc5c4)=NN32)c1. The second-order valence-electron chi connectivity index (χ2n) is 8.21. The van der Waals surface area contributed by atoms with E-state index < -0.39 is 6.23 Å². The fraction of sp³-hybridized carbons (Fsp3) is 0.115. The summed E-state index contributed by atoms with van der Waals surface area (Å²) in [4.78, 5) is 11.0. The number of halogens is 1. The molecule has 0 spiro atoms. The molecule has 6 rings (SSSR count). The van der Waals surface area contributed by atoms with Gasteiger partial charge in [0.25, 0.3) is 5.69 Å². The fourth-order valence-corrected chi connectivity index (χ4v) is 4.99. The summed E-state index contributed by atoms with van der Waals surface area (Å²) in [5.41, 5.74) is 3.82. The summed E-state index contributed by atoms with van der Waals surface area (Å²) in [6.07, 6.45) is 0.165. The first-order valence-corrected chi connectivity index (χ1v) is 11.4. The van der Waals surface area contributed by atoms with Crippen molar-refractivity contribution in [2.45, 2.75) is 18.7 Å². The highest BCUT2D eigenvalue weighted by Crippen LogP contribution is 2.48. The summed E-state index contributed by atoms with van der Waals surface area (Å²) in [6, 6.07) is 27.2. The van der Waals surface area contributed by atoms with E-state index in [-0.39, 0.29) is 16.7 Å². The zero-order valence-electron chi connectivity index (χ0n) is 17.4. The molecule has 0 aromatic heterocycles. The van der Waals surface area contributed by atoms with Crippen LogP contribution >= 0.6 is 15.9 Å². The maximum absolute atomic E-state index is 11.4. The van der Waals surface area contributed by atoms with E-state index in [1.165, 1.54) is 11.5 Å². The van der Waals surface area contributed by atoms with Crippen molar-refractivity contribution in [3.8, 4) is 5.75 Å². The molecule has 33 heavy (non-hydrogen) atoms. The summed E-state index contributed by atoms with van der Waals surface area (Å²) in [5, 5.41) is 20.6. The molecule has 0 bridgehead atoms. The Morgan fingerprint density at radius 3 is 2.67 bits per heavy atom. The Hall–Kier alpha value is -3.71. The van der Waals surface area contributed by atoms with Crippen LogP contribution in [0.25, 0.3) is 10.8 Å². The van der Waals surface area contributed by atoms with Crippen molar-refractivity contribution in [3.63, 3.8) is 0 Å². The van der Waals surface area contributed by atoms with Crippen molar-refractivity contribution in [1.29, 1.82) is 0 Å². The van der Waals surface area contributed by atoms with Crippen LogP contribution in [0.15, 0.2) is 94.5 Å². The molecule has 2 heterocycles. The molecule has 0 fully saturated rings. The van der Waals surface area contributed by atoms with Crippen molar-refractivity contribution in [3.05, 3.63) is 116 Å². The molecular weight excluding hydrogens is 482 g/mol. The van der Waals surface area contributed by atoms with E-state index in [1.807, 2.05) is 35.3 Å². The van der Waals surface area contributed by atoms with Gasteiger partial charge in [0.05, 0.1) is 16.7 Å². The van der Waals surface area contributed by atoms with Crippen molar-refractivity contribution in [1.82, 2.24) is 5.01 Å². The second-order valence-corrected chi connectivity index (χ2v) is 9.13. The number of non-ortho nitro benzene ring substituents is 1. The van der Waals surface area contributed by atoms with Gasteiger partial charge in [0.2, 0.25) is 6.23 Å². The number of nitro groups is 1. The molecule has 0 aliphatic carbocycles. The van der Waals surface area contributed by atoms with Gasteiger partial charge in [-0.1, -0.05) is 64.5 Å². The van der Waals surface area contributed by atoms with Gasteiger partial charge in [-0.15, -0.1) is 0 Å². The molecule has 4 aromatic carbocycles. The lowest BCUT2D eigenvalue weighted by Crippen LogP contribution is -2.33. The Labute approximate surface area is 198 Å². The topological polar surface area (TPSA) is 68.0 Å². The lowest BCUT2D eigenvalue weighted by atomic mass is 9.95. The van der Waals surface area contributed by atoms with E-state index >= 15 is 0 Å². The molecule has 0 saturated carbocycles. The number of nitro benzene ring substituents is 1. The van der Waals surface area contributed by atoms with Gasteiger partial charge in [0.15, 0.2) is 0 Å². The maximum Gasteiger partial charge on any atom is 0.269 e. The van der Waals surface area contributed by atoms with Crippen LogP contribution < -0.4 is 4.74 Å². The zero-order valence-corrected chi connectivity index (χ0v) is 19.0. The summed E-state index contributed by atoms with van der Waals surface area (Å²) in [7, 11) is 0. The third-order valence-corrected chi connectivity index (χ3v) is 6.69. The molecule has 6 nitrogen and oxygen atoms in total. The van der Waals surface area contributed by atoms with Crippen LogP contribution in [0.2, 0.25) is 0 Å². The van der Waals surface area contributed by atoms with Crippen molar-refractivity contribution < 1.29 is 9.66 Å². The van der Waals surface area contributed by atoms with Crippen LogP contribution in [0, 0.1) is 10.1 Å². The first-order valence-electron chi connectivity index (χ1n) is 10.6. The number of fused-ring (bicyclic) bond motifs is 4. The first-order chi connectivity index (χ1) is 16.1. The Morgan fingerprint density at radius 2 is 1.82 bits per heavy atom. The Bertz CT molecular complexity index is 1450. The molecule has 0 amide bonds. The van der Waals surface area contributed by atoms with E-state index in [4.69, 9.17) is 9.84 Å². The zero-order chi connectivity index (χ0) is 22.5. The highest BCUT2D eigenvalue weighted by Gasteiger charge is 2.41. The highest BCUT2D eigenvalue weighted by molar-refractivity contribution is 9.10. The van der Waals surface area contributed by atoms with Crippen molar-refractivity contribution in [2.75, 3.05) is 0 Å². The van der Waals surface area contributed by atoms with Crippen molar-refractivity contribution in [2.24, 2.45) is 5.10 Å². The predicted octanol–water partition coefficient (Wildman–Crippen LogP) is 6.75. The normalized spacial score (nSPS) is 18.9. The Kier molecular flexibility index (Phi) is 4.66. The summed E-state index contributed by atoms with van der Waals surface area (Å²) >= 11 is 3.57. The number of nitrogens with zero attached hydrogens (tertiary/aromatic N) is 3. The van der Waals surface area contributed by atoms with E-state index in [1.54, 1.807) is 12.1 Å². The van der Waals surface area contributed by atoms with Crippen LogP contribution in [0.5, 0.6) is 5.75 Å². The molecule has 2 aliphatic rings. The first kappa shape index (κ1) is 19.9. The molecule has 0 N–H and O–H groups in total. The maximum atomic E-state index is 11.4. The van der Waals surface area contributed by atoms with E-state index in [9.17, 15) is 10.1 Å². The molecule has 2 atom stereocenters. The minimum Gasteiger partial charge on any atom is -0.464 e. The molecule has 162 valence electrons. The molecule has 2 unspecified atom stereocenters.